The molecular formula is C17H21BrN2O4. The fourth-order valence-electron chi connectivity index (χ4n) is 1.63. The number of rotatable bonds is 1. The highest BCUT2D eigenvalue weighted by Gasteiger charge is 2.32. The molecule has 0 aliphatic heterocycles. The highest BCUT2D eigenvalue weighted by atomic mass is 79.9. The lowest BCUT2D eigenvalue weighted by atomic mass is 10.2. The van der Waals surface area contributed by atoms with Gasteiger partial charge in [-0.05, 0) is 75.7 Å². The molecule has 0 saturated carbocycles. The Labute approximate surface area is 150 Å². The number of nitrogens with zero attached hydrogens (tertiary/aromatic N) is 2. The Morgan fingerprint density at radius 2 is 1.50 bits per heavy atom. The molecule has 24 heavy (non-hydrogen) atoms. The number of amides is 2. The topological polar surface area (TPSA) is 79.6 Å². The van der Waals surface area contributed by atoms with Crippen LogP contribution in [0.25, 0.3) is 0 Å². The van der Waals surface area contributed by atoms with E-state index in [0.29, 0.717) is 10.0 Å². The van der Waals surface area contributed by atoms with E-state index in [1.807, 2.05) is 6.07 Å². The van der Waals surface area contributed by atoms with E-state index in [2.05, 4.69) is 15.9 Å². The Morgan fingerprint density at radius 1 is 1.04 bits per heavy atom. The summed E-state index contributed by atoms with van der Waals surface area (Å²) < 4.78 is 11.0. The lowest BCUT2D eigenvalue weighted by Crippen LogP contribution is -2.43. The van der Waals surface area contributed by atoms with E-state index in [0.717, 1.165) is 4.90 Å². The number of nitriles is 1. The predicted octanol–water partition coefficient (Wildman–Crippen LogP) is 5.00. The smallest absolute Gasteiger partial charge is 0.424 e. The summed E-state index contributed by atoms with van der Waals surface area (Å²) in [6, 6.07) is 6.48. The van der Waals surface area contributed by atoms with E-state index < -0.39 is 23.4 Å². The monoisotopic (exact) mass is 396 g/mol. The quantitative estimate of drug-likeness (QED) is 0.667. The SMILES string of the molecule is CC(C)(C)OC(=O)N(C(=O)OC(C)(C)C)c1ccc(C#N)c(Br)c1. The summed E-state index contributed by atoms with van der Waals surface area (Å²) in [6.45, 7) is 10.2. The molecule has 0 aliphatic rings. The van der Waals surface area contributed by atoms with Crippen LogP contribution in [0.15, 0.2) is 22.7 Å². The number of carbonyl (C=O) groups excluding carboxylic acids is 2. The van der Waals surface area contributed by atoms with Crippen molar-refractivity contribution < 1.29 is 19.1 Å². The van der Waals surface area contributed by atoms with Gasteiger partial charge in [-0.2, -0.15) is 10.2 Å². The molecule has 0 aromatic heterocycles. The second-order valence-electron chi connectivity index (χ2n) is 7.07. The largest absolute Gasteiger partial charge is 0.443 e. The van der Waals surface area contributed by atoms with Crippen LogP contribution in [0, 0.1) is 11.3 Å². The van der Waals surface area contributed by atoms with Gasteiger partial charge < -0.3 is 9.47 Å². The summed E-state index contributed by atoms with van der Waals surface area (Å²) in [5, 5.41) is 9.00. The molecule has 130 valence electrons. The van der Waals surface area contributed by atoms with E-state index in [1.165, 1.54) is 18.2 Å². The number of imide groups is 1. The minimum atomic E-state index is -0.853. The van der Waals surface area contributed by atoms with Crippen LogP contribution < -0.4 is 4.90 Å². The molecule has 0 radical (unpaired) electrons. The zero-order valence-corrected chi connectivity index (χ0v) is 16.2. The van der Waals surface area contributed by atoms with E-state index in [4.69, 9.17) is 14.7 Å². The molecule has 0 unspecified atom stereocenters. The Bertz CT molecular complexity index is 653. The Balaban J connectivity index is 3.28. The van der Waals surface area contributed by atoms with Crippen molar-refractivity contribution in [2.24, 2.45) is 0 Å². The van der Waals surface area contributed by atoms with Gasteiger partial charge in [-0.25, -0.2) is 9.59 Å². The van der Waals surface area contributed by atoms with Crippen molar-refractivity contribution in [3.63, 3.8) is 0 Å². The van der Waals surface area contributed by atoms with Crippen LogP contribution in [0.2, 0.25) is 0 Å². The number of ether oxygens (including phenoxy) is 2. The minimum absolute atomic E-state index is 0.240. The Hall–Kier alpha value is -2.07. The molecule has 0 spiro atoms. The van der Waals surface area contributed by atoms with Crippen LogP contribution >= 0.6 is 15.9 Å². The average molecular weight is 397 g/mol. The summed E-state index contributed by atoms with van der Waals surface area (Å²) in [4.78, 5) is 25.8. The number of anilines is 1. The summed E-state index contributed by atoms with van der Waals surface area (Å²) in [5.41, 5.74) is -0.932. The average Bonchev–Trinajstić information content (AvgIpc) is 2.34. The van der Waals surface area contributed by atoms with Crippen molar-refractivity contribution in [1.82, 2.24) is 0 Å². The van der Waals surface area contributed by atoms with Crippen LogP contribution in [-0.4, -0.2) is 23.4 Å². The first kappa shape index (κ1) is 20.0. The molecule has 0 heterocycles. The van der Waals surface area contributed by atoms with Gasteiger partial charge in [0.2, 0.25) is 0 Å². The van der Waals surface area contributed by atoms with Gasteiger partial charge in [-0.15, -0.1) is 0 Å². The second kappa shape index (κ2) is 7.22. The lowest BCUT2D eigenvalue weighted by Gasteiger charge is -2.28. The number of halogens is 1. The molecule has 1 rings (SSSR count). The predicted molar refractivity (Wildman–Crippen MR) is 93.8 cm³/mol. The maximum absolute atomic E-state index is 12.5. The van der Waals surface area contributed by atoms with Crippen LogP contribution in [0.4, 0.5) is 15.3 Å². The number of carbonyl (C=O) groups is 2. The standard InChI is InChI=1S/C17H21BrN2O4/c1-16(2,3)23-14(21)20(15(22)24-17(4,5)6)12-8-7-11(10-19)13(18)9-12/h7-9H,1-6H3. The van der Waals surface area contributed by atoms with Crippen molar-refractivity contribution in [3.05, 3.63) is 28.2 Å². The van der Waals surface area contributed by atoms with Gasteiger partial charge in [-0.1, -0.05) is 0 Å². The van der Waals surface area contributed by atoms with Crippen molar-refractivity contribution in [3.8, 4) is 6.07 Å². The van der Waals surface area contributed by atoms with Crippen LogP contribution in [-0.2, 0) is 9.47 Å². The van der Waals surface area contributed by atoms with E-state index in [-0.39, 0.29) is 5.69 Å². The summed E-state index contributed by atoms with van der Waals surface area (Å²) in [6.07, 6.45) is -1.71. The normalized spacial score (nSPS) is 11.4. The fourth-order valence-corrected chi connectivity index (χ4v) is 2.09. The first-order chi connectivity index (χ1) is 10.8. The molecule has 6 nitrogen and oxygen atoms in total. The molecule has 0 bridgehead atoms. The molecule has 7 heteroatoms. The van der Waals surface area contributed by atoms with Gasteiger partial charge in [-0.3, -0.25) is 0 Å². The molecular weight excluding hydrogens is 376 g/mol. The van der Waals surface area contributed by atoms with Crippen LogP contribution in [0.3, 0.4) is 0 Å². The molecule has 0 atom stereocenters. The molecule has 0 aliphatic carbocycles. The van der Waals surface area contributed by atoms with Gasteiger partial charge in [0, 0.05) is 4.47 Å². The fraction of sp³-hybridized carbons (Fsp3) is 0.471. The minimum Gasteiger partial charge on any atom is -0.443 e. The molecule has 0 fully saturated rings. The molecule has 1 aromatic carbocycles. The second-order valence-corrected chi connectivity index (χ2v) is 7.93. The maximum Gasteiger partial charge on any atom is 0.424 e. The highest BCUT2D eigenvalue weighted by Crippen LogP contribution is 2.27. The molecule has 2 amide bonds. The molecule has 0 N–H and O–H groups in total. The first-order valence-electron chi connectivity index (χ1n) is 7.30. The highest BCUT2D eigenvalue weighted by molar-refractivity contribution is 9.10. The third-order valence-electron chi connectivity index (χ3n) is 2.48. The third-order valence-corrected chi connectivity index (χ3v) is 3.14. The van der Waals surface area contributed by atoms with E-state index in [9.17, 15) is 9.59 Å². The van der Waals surface area contributed by atoms with Gasteiger partial charge in [0.25, 0.3) is 0 Å². The maximum atomic E-state index is 12.5. The Morgan fingerprint density at radius 3 is 1.83 bits per heavy atom. The van der Waals surface area contributed by atoms with Crippen LogP contribution in [0.5, 0.6) is 0 Å². The summed E-state index contributed by atoms with van der Waals surface area (Å²) in [7, 11) is 0. The molecule has 1 aromatic rings. The summed E-state index contributed by atoms with van der Waals surface area (Å²) in [5.74, 6) is 0. The van der Waals surface area contributed by atoms with E-state index in [1.54, 1.807) is 41.5 Å². The van der Waals surface area contributed by atoms with E-state index >= 15 is 0 Å². The first-order valence-corrected chi connectivity index (χ1v) is 8.09. The van der Waals surface area contributed by atoms with Gasteiger partial charge in [0.15, 0.2) is 0 Å². The number of hydrogen-bond acceptors (Lipinski definition) is 5. The molecule has 0 saturated heterocycles. The lowest BCUT2D eigenvalue weighted by molar-refractivity contribution is 0.0431. The van der Waals surface area contributed by atoms with Crippen molar-refractivity contribution in [1.29, 1.82) is 5.26 Å². The van der Waals surface area contributed by atoms with Gasteiger partial charge in [0.05, 0.1) is 11.3 Å². The van der Waals surface area contributed by atoms with Crippen molar-refractivity contribution >= 4 is 33.8 Å². The zero-order valence-electron chi connectivity index (χ0n) is 14.6. The van der Waals surface area contributed by atoms with Crippen molar-refractivity contribution in [2.75, 3.05) is 4.90 Å². The zero-order chi connectivity index (χ0) is 18.7. The Kier molecular flexibility index (Phi) is 6.01. The van der Waals surface area contributed by atoms with Gasteiger partial charge in [0.1, 0.15) is 17.3 Å². The van der Waals surface area contributed by atoms with Crippen molar-refractivity contribution in [2.45, 2.75) is 52.7 Å². The summed E-state index contributed by atoms with van der Waals surface area (Å²) >= 11 is 3.24. The number of benzene rings is 1. The van der Waals surface area contributed by atoms with Crippen LogP contribution in [0.1, 0.15) is 47.1 Å². The van der Waals surface area contributed by atoms with Gasteiger partial charge >= 0.3 is 12.2 Å². The third kappa shape index (κ3) is 5.85. The number of hydrogen-bond donors (Lipinski definition) is 0.